The van der Waals surface area contributed by atoms with Gasteiger partial charge in [0.15, 0.2) is 0 Å². The van der Waals surface area contributed by atoms with Gasteiger partial charge in [-0.15, -0.1) is 0 Å². The van der Waals surface area contributed by atoms with Crippen LogP contribution >= 0.6 is 0 Å². The van der Waals surface area contributed by atoms with E-state index in [-0.39, 0.29) is 17.7 Å². The minimum atomic E-state index is -0.307. The average Bonchev–Trinajstić information content (AvgIpc) is 3.34. The molecule has 1 saturated heterocycles. The van der Waals surface area contributed by atoms with Gasteiger partial charge in [-0.05, 0) is 54.7 Å². The van der Waals surface area contributed by atoms with Crippen LogP contribution in [0.3, 0.4) is 0 Å². The highest BCUT2D eigenvalue weighted by Crippen LogP contribution is 2.36. The summed E-state index contributed by atoms with van der Waals surface area (Å²) in [5, 5.41) is 2.73. The Bertz CT molecular complexity index is 1020. The summed E-state index contributed by atoms with van der Waals surface area (Å²) >= 11 is 0. The Balaban J connectivity index is 1.74. The first-order valence-corrected chi connectivity index (χ1v) is 10.3. The van der Waals surface area contributed by atoms with Crippen LogP contribution in [0.1, 0.15) is 37.8 Å². The van der Waals surface area contributed by atoms with Crippen LogP contribution in [0.15, 0.2) is 54.2 Å². The zero-order valence-electron chi connectivity index (χ0n) is 17.3. The zero-order valence-corrected chi connectivity index (χ0v) is 17.3. The lowest BCUT2D eigenvalue weighted by Crippen LogP contribution is -2.34. The molecule has 0 aliphatic carbocycles. The van der Waals surface area contributed by atoms with Crippen LogP contribution in [0.2, 0.25) is 0 Å². The second-order valence-corrected chi connectivity index (χ2v) is 7.64. The number of anilines is 2. The summed E-state index contributed by atoms with van der Waals surface area (Å²) in [6.45, 7) is 5.05. The van der Waals surface area contributed by atoms with Crippen molar-refractivity contribution < 1.29 is 14.4 Å². The Kier molecular flexibility index (Phi) is 5.40. The molecule has 2 heterocycles. The number of imide groups is 1. The summed E-state index contributed by atoms with van der Waals surface area (Å²) < 4.78 is 0. The maximum Gasteiger partial charge on any atom is 0.282 e. The Morgan fingerprint density at radius 2 is 1.57 bits per heavy atom. The predicted octanol–water partition coefficient (Wildman–Crippen LogP) is 3.59. The second kappa shape index (κ2) is 8.14. The van der Waals surface area contributed by atoms with Gasteiger partial charge in [-0.1, -0.05) is 31.2 Å². The van der Waals surface area contributed by atoms with E-state index >= 15 is 0 Å². The summed E-state index contributed by atoms with van der Waals surface area (Å²) in [5.74, 6) is -0.737. The number of nitrogens with zero attached hydrogens (tertiary/aromatic N) is 2. The minimum absolute atomic E-state index is 0.159. The molecule has 1 N–H and O–H groups in total. The molecule has 3 amide bonds. The van der Waals surface area contributed by atoms with Crippen LogP contribution in [-0.4, -0.2) is 35.7 Å². The molecule has 6 heteroatoms. The van der Waals surface area contributed by atoms with E-state index in [1.165, 1.54) is 11.8 Å². The minimum Gasteiger partial charge on any atom is -0.366 e. The third-order valence-electron chi connectivity index (χ3n) is 5.58. The number of carbonyl (C=O) groups is 3. The molecule has 0 unspecified atom stereocenters. The van der Waals surface area contributed by atoms with E-state index in [0.717, 1.165) is 37.9 Å². The molecule has 154 valence electrons. The molecule has 0 atom stereocenters. The number of aryl methyl sites for hydroxylation is 1. The van der Waals surface area contributed by atoms with E-state index in [1.54, 1.807) is 24.3 Å². The molecule has 4 rings (SSSR count). The van der Waals surface area contributed by atoms with Crippen LogP contribution < -0.4 is 10.2 Å². The number of rotatable bonds is 5. The monoisotopic (exact) mass is 403 g/mol. The largest absolute Gasteiger partial charge is 0.366 e. The van der Waals surface area contributed by atoms with Gasteiger partial charge < -0.3 is 10.2 Å². The van der Waals surface area contributed by atoms with Crippen LogP contribution in [-0.2, 0) is 20.8 Å². The topological polar surface area (TPSA) is 69.7 Å². The Morgan fingerprint density at radius 1 is 0.933 bits per heavy atom. The number of likely N-dealkylation sites (tertiary alicyclic amines) is 1. The molecule has 2 aromatic carbocycles. The SMILES string of the molecule is CCc1ccc(N2C(=O)C(c3ccc(NC(C)=O)cc3)=C(N3CCCC3)C2=O)cc1. The lowest BCUT2D eigenvalue weighted by atomic mass is 10.0. The summed E-state index contributed by atoms with van der Waals surface area (Å²) in [6, 6.07) is 14.6. The molecule has 2 aromatic rings. The molecule has 30 heavy (non-hydrogen) atoms. The fourth-order valence-electron chi connectivity index (χ4n) is 4.05. The van der Waals surface area contributed by atoms with Crippen LogP contribution in [0, 0.1) is 0 Å². The first-order valence-electron chi connectivity index (χ1n) is 10.3. The molecule has 2 aliphatic heterocycles. The fraction of sp³-hybridized carbons (Fsp3) is 0.292. The van der Waals surface area contributed by atoms with Gasteiger partial charge in [0.25, 0.3) is 11.8 Å². The van der Waals surface area contributed by atoms with Crippen molar-refractivity contribution >= 4 is 34.7 Å². The van der Waals surface area contributed by atoms with E-state index in [0.29, 0.717) is 28.2 Å². The second-order valence-electron chi connectivity index (χ2n) is 7.64. The van der Waals surface area contributed by atoms with Gasteiger partial charge in [0.05, 0.1) is 11.3 Å². The molecular weight excluding hydrogens is 378 g/mol. The number of carbonyl (C=O) groups excluding carboxylic acids is 3. The highest BCUT2D eigenvalue weighted by molar-refractivity contribution is 6.45. The van der Waals surface area contributed by atoms with E-state index in [9.17, 15) is 14.4 Å². The van der Waals surface area contributed by atoms with Gasteiger partial charge in [-0.25, -0.2) is 4.90 Å². The third-order valence-corrected chi connectivity index (χ3v) is 5.58. The van der Waals surface area contributed by atoms with E-state index in [2.05, 4.69) is 12.2 Å². The molecule has 2 aliphatic rings. The number of nitrogens with one attached hydrogen (secondary N) is 1. The maximum atomic E-state index is 13.5. The van der Waals surface area contributed by atoms with Crippen LogP contribution in [0.25, 0.3) is 5.57 Å². The molecular formula is C24H25N3O3. The first kappa shape index (κ1) is 19.9. The van der Waals surface area contributed by atoms with Gasteiger partial charge in [0.1, 0.15) is 5.70 Å². The number of hydrogen-bond donors (Lipinski definition) is 1. The van der Waals surface area contributed by atoms with Gasteiger partial charge in [-0.3, -0.25) is 14.4 Å². The highest BCUT2D eigenvalue weighted by atomic mass is 16.2. The van der Waals surface area contributed by atoms with Crippen LogP contribution in [0.5, 0.6) is 0 Å². The number of benzene rings is 2. The maximum absolute atomic E-state index is 13.5. The summed E-state index contributed by atoms with van der Waals surface area (Å²) in [4.78, 5) is 41.5. The average molecular weight is 403 g/mol. The quantitative estimate of drug-likeness (QED) is 0.775. The van der Waals surface area contributed by atoms with Crippen molar-refractivity contribution in [1.29, 1.82) is 0 Å². The summed E-state index contributed by atoms with van der Waals surface area (Å²) in [6.07, 6.45) is 2.90. The molecule has 0 radical (unpaired) electrons. The van der Waals surface area contributed by atoms with E-state index in [1.807, 2.05) is 29.2 Å². The summed E-state index contributed by atoms with van der Waals surface area (Å²) in [7, 11) is 0. The molecule has 6 nitrogen and oxygen atoms in total. The first-order chi connectivity index (χ1) is 14.5. The van der Waals surface area contributed by atoms with Crippen molar-refractivity contribution in [2.24, 2.45) is 0 Å². The van der Waals surface area contributed by atoms with Crippen molar-refractivity contribution in [2.45, 2.75) is 33.1 Å². The van der Waals surface area contributed by atoms with Gasteiger partial charge in [-0.2, -0.15) is 0 Å². The van der Waals surface area contributed by atoms with Crippen LogP contribution in [0.4, 0.5) is 11.4 Å². The predicted molar refractivity (Wildman–Crippen MR) is 117 cm³/mol. The number of amides is 3. The zero-order chi connectivity index (χ0) is 21.3. The smallest absolute Gasteiger partial charge is 0.282 e. The molecule has 1 fully saturated rings. The Hall–Kier alpha value is -3.41. The molecule has 0 aromatic heterocycles. The van der Waals surface area contributed by atoms with Crippen molar-refractivity contribution in [3.8, 4) is 0 Å². The van der Waals surface area contributed by atoms with Crippen molar-refractivity contribution in [3.05, 3.63) is 65.4 Å². The standard InChI is InChI=1S/C24H25N3O3/c1-3-17-6-12-20(13-7-17)27-23(29)21(22(24(27)30)26-14-4-5-15-26)18-8-10-19(11-9-18)25-16(2)28/h6-13H,3-5,14-15H2,1-2H3,(H,25,28). The normalized spacial score (nSPS) is 16.6. The van der Waals surface area contributed by atoms with Gasteiger partial charge in [0.2, 0.25) is 5.91 Å². The Morgan fingerprint density at radius 3 is 2.13 bits per heavy atom. The van der Waals surface area contributed by atoms with E-state index in [4.69, 9.17) is 0 Å². The lowest BCUT2D eigenvalue weighted by molar-refractivity contribution is -0.120. The van der Waals surface area contributed by atoms with Crippen molar-refractivity contribution in [3.63, 3.8) is 0 Å². The molecule has 0 bridgehead atoms. The van der Waals surface area contributed by atoms with Gasteiger partial charge in [0, 0.05) is 25.7 Å². The van der Waals surface area contributed by atoms with Gasteiger partial charge >= 0.3 is 0 Å². The highest BCUT2D eigenvalue weighted by Gasteiger charge is 2.42. The van der Waals surface area contributed by atoms with Crippen molar-refractivity contribution in [1.82, 2.24) is 4.90 Å². The molecule has 0 spiro atoms. The third kappa shape index (κ3) is 3.61. The Labute approximate surface area is 176 Å². The lowest BCUT2D eigenvalue weighted by Gasteiger charge is -2.20. The van der Waals surface area contributed by atoms with Crippen molar-refractivity contribution in [2.75, 3.05) is 23.3 Å². The molecule has 0 saturated carbocycles. The summed E-state index contributed by atoms with van der Waals surface area (Å²) in [5.41, 5.74) is 3.97. The fourth-order valence-corrected chi connectivity index (χ4v) is 4.05. The van der Waals surface area contributed by atoms with E-state index < -0.39 is 0 Å². The number of hydrogen-bond acceptors (Lipinski definition) is 4.